The quantitative estimate of drug-likeness (QED) is 0.926. The molecular weight excluding hydrogens is 254 g/mol. The van der Waals surface area contributed by atoms with E-state index in [2.05, 4.69) is 5.32 Å². The van der Waals surface area contributed by atoms with E-state index in [-0.39, 0.29) is 11.4 Å². The van der Waals surface area contributed by atoms with Crippen molar-refractivity contribution in [1.29, 1.82) is 0 Å². The van der Waals surface area contributed by atoms with Crippen LogP contribution in [0.15, 0.2) is 22.6 Å². The zero-order chi connectivity index (χ0) is 14.9. The molecule has 0 spiro atoms. The summed E-state index contributed by atoms with van der Waals surface area (Å²) in [5, 5.41) is 3.89. The van der Waals surface area contributed by atoms with Gasteiger partial charge in [0.25, 0.3) is 5.91 Å². The third kappa shape index (κ3) is 2.64. The van der Waals surface area contributed by atoms with Crippen molar-refractivity contribution in [2.45, 2.75) is 39.7 Å². The number of methoxy groups -OCH3 is 1. The lowest BCUT2D eigenvalue weighted by atomic mass is 10.0. The van der Waals surface area contributed by atoms with Gasteiger partial charge in [-0.15, -0.1) is 0 Å². The average molecular weight is 275 g/mol. The Labute approximate surface area is 119 Å². The van der Waals surface area contributed by atoms with Gasteiger partial charge in [-0.05, 0) is 45.4 Å². The van der Waals surface area contributed by atoms with Gasteiger partial charge >= 0.3 is 0 Å². The summed E-state index contributed by atoms with van der Waals surface area (Å²) in [5.41, 5.74) is 1.28. The van der Waals surface area contributed by atoms with Gasteiger partial charge in [0.1, 0.15) is 11.3 Å². The standard InChI is InChI=1S/C16H21NO3/c1-6-16(3,4)17-15(18)14-10(2)12-9-11(19-5)7-8-13(12)20-14/h7-9H,6H2,1-5H3,(H,17,18). The maximum Gasteiger partial charge on any atom is 0.287 e. The van der Waals surface area contributed by atoms with Gasteiger partial charge in [0.05, 0.1) is 7.11 Å². The zero-order valence-electron chi connectivity index (χ0n) is 12.7. The van der Waals surface area contributed by atoms with Gasteiger partial charge in [-0.2, -0.15) is 0 Å². The van der Waals surface area contributed by atoms with Crippen LogP contribution in [0.25, 0.3) is 11.0 Å². The third-order valence-corrected chi connectivity index (χ3v) is 3.69. The molecule has 0 aliphatic rings. The van der Waals surface area contributed by atoms with Crippen LogP contribution in [-0.4, -0.2) is 18.6 Å². The first kappa shape index (κ1) is 14.4. The summed E-state index contributed by atoms with van der Waals surface area (Å²) < 4.78 is 10.9. The highest BCUT2D eigenvalue weighted by Gasteiger charge is 2.23. The lowest BCUT2D eigenvalue weighted by molar-refractivity contribution is 0.0884. The number of amides is 1. The molecule has 0 saturated heterocycles. The number of benzene rings is 1. The predicted octanol–water partition coefficient (Wildman–Crippen LogP) is 3.67. The normalized spacial score (nSPS) is 11.7. The van der Waals surface area contributed by atoms with E-state index in [9.17, 15) is 4.79 Å². The van der Waals surface area contributed by atoms with Gasteiger partial charge < -0.3 is 14.5 Å². The second kappa shape index (κ2) is 5.19. The number of aryl methyl sites for hydroxylation is 1. The molecule has 1 amide bonds. The fourth-order valence-corrected chi connectivity index (χ4v) is 2.00. The van der Waals surface area contributed by atoms with E-state index in [0.29, 0.717) is 11.3 Å². The van der Waals surface area contributed by atoms with E-state index in [4.69, 9.17) is 9.15 Å². The number of ether oxygens (including phenoxy) is 1. The SMILES string of the molecule is CCC(C)(C)NC(=O)c1oc2ccc(OC)cc2c1C. The fraction of sp³-hybridized carbons (Fsp3) is 0.438. The Morgan fingerprint density at radius 1 is 1.40 bits per heavy atom. The summed E-state index contributed by atoms with van der Waals surface area (Å²) in [6.45, 7) is 7.91. The first-order valence-electron chi connectivity index (χ1n) is 6.77. The minimum absolute atomic E-state index is 0.176. The summed E-state index contributed by atoms with van der Waals surface area (Å²) in [4.78, 5) is 12.3. The van der Waals surface area contributed by atoms with E-state index < -0.39 is 0 Å². The highest BCUT2D eigenvalue weighted by atomic mass is 16.5. The lowest BCUT2D eigenvalue weighted by Crippen LogP contribution is -2.42. The van der Waals surface area contributed by atoms with Crippen molar-refractivity contribution in [3.05, 3.63) is 29.5 Å². The predicted molar refractivity (Wildman–Crippen MR) is 79.3 cm³/mol. The first-order chi connectivity index (χ1) is 9.38. The summed E-state index contributed by atoms with van der Waals surface area (Å²) in [6, 6.07) is 5.53. The van der Waals surface area contributed by atoms with E-state index in [1.165, 1.54) is 0 Å². The zero-order valence-corrected chi connectivity index (χ0v) is 12.7. The van der Waals surface area contributed by atoms with Crippen LogP contribution in [0, 0.1) is 6.92 Å². The molecule has 1 aromatic heterocycles. The number of carbonyl (C=O) groups is 1. The summed E-state index contributed by atoms with van der Waals surface area (Å²) in [7, 11) is 1.62. The van der Waals surface area contributed by atoms with E-state index in [1.807, 2.05) is 45.9 Å². The van der Waals surface area contributed by atoms with Crippen molar-refractivity contribution in [3.8, 4) is 5.75 Å². The van der Waals surface area contributed by atoms with Crippen LogP contribution in [0.3, 0.4) is 0 Å². The molecule has 20 heavy (non-hydrogen) atoms. The maximum atomic E-state index is 12.3. The number of hydrogen-bond acceptors (Lipinski definition) is 3. The van der Waals surface area contributed by atoms with Crippen LogP contribution in [-0.2, 0) is 0 Å². The maximum absolute atomic E-state index is 12.3. The van der Waals surface area contributed by atoms with Crippen molar-refractivity contribution in [1.82, 2.24) is 5.32 Å². The minimum atomic E-state index is -0.250. The molecule has 2 rings (SSSR count). The minimum Gasteiger partial charge on any atom is -0.497 e. The Balaban J connectivity index is 2.40. The molecule has 1 N–H and O–H groups in total. The van der Waals surface area contributed by atoms with Crippen molar-refractivity contribution in [3.63, 3.8) is 0 Å². The number of furan rings is 1. The highest BCUT2D eigenvalue weighted by Crippen LogP contribution is 2.29. The second-order valence-electron chi connectivity index (χ2n) is 5.61. The van der Waals surface area contributed by atoms with Gasteiger partial charge in [-0.1, -0.05) is 6.92 Å². The van der Waals surface area contributed by atoms with Crippen molar-refractivity contribution in [2.75, 3.05) is 7.11 Å². The van der Waals surface area contributed by atoms with Gasteiger partial charge in [-0.25, -0.2) is 0 Å². The van der Waals surface area contributed by atoms with Gasteiger partial charge in [0.15, 0.2) is 5.76 Å². The Kier molecular flexibility index (Phi) is 3.75. The highest BCUT2D eigenvalue weighted by molar-refractivity contribution is 5.99. The van der Waals surface area contributed by atoms with Crippen LogP contribution in [0.1, 0.15) is 43.3 Å². The van der Waals surface area contributed by atoms with Crippen LogP contribution >= 0.6 is 0 Å². The Hall–Kier alpha value is -1.97. The molecule has 0 fully saturated rings. The van der Waals surface area contributed by atoms with Crippen molar-refractivity contribution in [2.24, 2.45) is 0 Å². The molecule has 108 valence electrons. The van der Waals surface area contributed by atoms with Crippen molar-refractivity contribution >= 4 is 16.9 Å². The van der Waals surface area contributed by atoms with Gasteiger partial charge in [0, 0.05) is 16.5 Å². The molecule has 4 heteroatoms. The third-order valence-electron chi connectivity index (χ3n) is 3.69. The average Bonchev–Trinajstić information content (AvgIpc) is 2.75. The second-order valence-corrected chi connectivity index (χ2v) is 5.61. The number of fused-ring (bicyclic) bond motifs is 1. The summed E-state index contributed by atoms with van der Waals surface area (Å²) >= 11 is 0. The van der Waals surface area contributed by atoms with Crippen LogP contribution < -0.4 is 10.1 Å². The molecule has 0 radical (unpaired) electrons. The molecule has 0 unspecified atom stereocenters. The molecule has 1 heterocycles. The van der Waals surface area contributed by atoms with Gasteiger partial charge in [0.2, 0.25) is 0 Å². The monoisotopic (exact) mass is 275 g/mol. The summed E-state index contributed by atoms with van der Waals surface area (Å²) in [5.74, 6) is 0.946. The van der Waals surface area contributed by atoms with E-state index in [0.717, 1.165) is 23.1 Å². The first-order valence-corrected chi connectivity index (χ1v) is 6.77. The van der Waals surface area contributed by atoms with E-state index in [1.54, 1.807) is 7.11 Å². The van der Waals surface area contributed by atoms with Crippen LogP contribution in [0.4, 0.5) is 0 Å². The topological polar surface area (TPSA) is 51.5 Å². The Morgan fingerprint density at radius 2 is 2.10 bits per heavy atom. The fourth-order valence-electron chi connectivity index (χ4n) is 2.00. The Bertz CT molecular complexity index is 640. The van der Waals surface area contributed by atoms with Crippen LogP contribution in [0.2, 0.25) is 0 Å². The molecule has 0 atom stereocenters. The van der Waals surface area contributed by atoms with E-state index >= 15 is 0 Å². The number of carbonyl (C=O) groups excluding carboxylic acids is 1. The molecular formula is C16H21NO3. The summed E-state index contributed by atoms with van der Waals surface area (Å²) in [6.07, 6.45) is 0.853. The number of rotatable bonds is 4. The Morgan fingerprint density at radius 3 is 2.70 bits per heavy atom. The molecule has 0 aliphatic heterocycles. The van der Waals surface area contributed by atoms with Gasteiger partial charge in [-0.3, -0.25) is 4.79 Å². The molecule has 1 aromatic carbocycles. The number of hydrogen-bond donors (Lipinski definition) is 1. The largest absolute Gasteiger partial charge is 0.497 e. The lowest BCUT2D eigenvalue weighted by Gasteiger charge is -2.23. The van der Waals surface area contributed by atoms with Crippen molar-refractivity contribution < 1.29 is 13.9 Å². The molecule has 0 bridgehead atoms. The molecule has 4 nitrogen and oxygen atoms in total. The van der Waals surface area contributed by atoms with Crippen LogP contribution in [0.5, 0.6) is 5.75 Å². The number of nitrogens with one attached hydrogen (secondary N) is 1. The molecule has 0 aliphatic carbocycles. The molecule has 2 aromatic rings. The molecule has 0 saturated carbocycles. The smallest absolute Gasteiger partial charge is 0.287 e.